The molecule has 0 aliphatic rings. The molecule has 12 aromatic rings. The van der Waals surface area contributed by atoms with Crippen LogP contribution in [-0.4, -0.2) is 0 Å². The second-order valence-corrected chi connectivity index (χ2v) is 16.0. The highest BCUT2D eigenvalue weighted by atomic mass is 16.3. The van der Waals surface area contributed by atoms with Crippen LogP contribution in [0, 0.1) is 0 Å². The summed E-state index contributed by atoms with van der Waals surface area (Å²) in [6, 6.07) is 85.5. The van der Waals surface area contributed by atoms with Crippen molar-refractivity contribution in [2.24, 2.45) is 0 Å². The SMILES string of the molecule is c1ccc(N(c2ccc(-c3cccc4ccccc34)cc2)c2ccc(-c3cccc4oc5ccccc5c34)cc2)c(-c2ccc(-c3cccc4c3ccc3ccccc34)cc2)c1. The van der Waals surface area contributed by atoms with E-state index < -0.39 is 0 Å². The Labute approximate surface area is 360 Å². The van der Waals surface area contributed by atoms with Crippen LogP contribution >= 0.6 is 0 Å². The van der Waals surface area contributed by atoms with Crippen molar-refractivity contribution in [1.29, 1.82) is 0 Å². The van der Waals surface area contributed by atoms with Crippen LogP contribution in [0.15, 0.2) is 241 Å². The van der Waals surface area contributed by atoms with Crippen LogP contribution in [0.25, 0.3) is 98.8 Å². The van der Waals surface area contributed by atoms with Crippen LogP contribution in [0.4, 0.5) is 17.1 Å². The van der Waals surface area contributed by atoms with Crippen molar-refractivity contribution >= 4 is 71.3 Å². The summed E-state index contributed by atoms with van der Waals surface area (Å²) in [6.07, 6.45) is 0. The quantitative estimate of drug-likeness (QED) is 0.150. The number of fused-ring (bicyclic) bond motifs is 7. The van der Waals surface area contributed by atoms with Gasteiger partial charge in [-0.3, -0.25) is 0 Å². The third-order valence-corrected chi connectivity index (χ3v) is 12.5. The summed E-state index contributed by atoms with van der Waals surface area (Å²) < 4.78 is 6.27. The van der Waals surface area contributed by atoms with Gasteiger partial charge in [-0.2, -0.15) is 0 Å². The van der Waals surface area contributed by atoms with Gasteiger partial charge in [-0.1, -0.05) is 194 Å². The predicted molar refractivity (Wildman–Crippen MR) is 263 cm³/mol. The molecule has 0 unspecified atom stereocenters. The van der Waals surface area contributed by atoms with E-state index in [-0.39, 0.29) is 0 Å². The number of nitrogens with zero attached hydrogens (tertiary/aromatic N) is 1. The summed E-state index contributed by atoms with van der Waals surface area (Å²) in [4.78, 5) is 2.39. The first-order chi connectivity index (χ1) is 30.7. The third kappa shape index (κ3) is 6.04. The summed E-state index contributed by atoms with van der Waals surface area (Å²) in [6.45, 7) is 0. The second-order valence-electron chi connectivity index (χ2n) is 16.0. The maximum atomic E-state index is 6.27. The first-order valence-corrected chi connectivity index (χ1v) is 21.2. The van der Waals surface area contributed by atoms with Gasteiger partial charge >= 0.3 is 0 Å². The zero-order valence-corrected chi connectivity index (χ0v) is 33.9. The summed E-state index contributed by atoms with van der Waals surface area (Å²) in [5.74, 6) is 0. The molecule has 11 aromatic carbocycles. The molecule has 0 saturated carbocycles. The van der Waals surface area contributed by atoms with Gasteiger partial charge in [0.1, 0.15) is 11.2 Å². The lowest BCUT2D eigenvalue weighted by Crippen LogP contribution is -2.11. The maximum Gasteiger partial charge on any atom is 0.136 e. The molecule has 0 N–H and O–H groups in total. The number of benzene rings is 11. The molecule has 0 aliphatic heterocycles. The minimum Gasteiger partial charge on any atom is -0.456 e. The molecule has 0 spiro atoms. The van der Waals surface area contributed by atoms with Gasteiger partial charge in [0.25, 0.3) is 0 Å². The number of para-hydroxylation sites is 2. The zero-order valence-electron chi connectivity index (χ0n) is 33.9. The second kappa shape index (κ2) is 14.8. The van der Waals surface area contributed by atoms with Gasteiger partial charge in [-0.05, 0) is 114 Å². The Morgan fingerprint density at radius 3 is 1.45 bits per heavy atom. The largest absolute Gasteiger partial charge is 0.456 e. The van der Waals surface area contributed by atoms with E-state index >= 15 is 0 Å². The van der Waals surface area contributed by atoms with Crippen LogP contribution in [0.1, 0.15) is 0 Å². The molecule has 0 bridgehead atoms. The van der Waals surface area contributed by atoms with Gasteiger partial charge in [-0.25, -0.2) is 0 Å². The highest BCUT2D eigenvalue weighted by Crippen LogP contribution is 2.44. The lowest BCUT2D eigenvalue weighted by Gasteiger charge is -2.28. The first-order valence-electron chi connectivity index (χ1n) is 21.2. The molecule has 0 radical (unpaired) electrons. The molecule has 0 fully saturated rings. The molecular formula is C60H39NO. The molecule has 290 valence electrons. The van der Waals surface area contributed by atoms with Crippen molar-refractivity contribution in [3.8, 4) is 44.5 Å². The molecule has 2 nitrogen and oxygen atoms in total. The Bertz CT molecular complexity index is 3610. The number of rotatable bonds is 7. The van der Waals surface area contributed by atoms with E-state index in [0.717, 1.165) is 61.3 Å². The fraction of sp³-hybridized carbons (Fsp3) is 0. The average Bonchev–Trinajstić information content (AvgIpc) is 3.74. The number of hydrogen-bond donors (Lipinski definition) is 0. The standard InChI is InChI=1S/C60H39NO/c1-3-15-48-40(12-1)14-9-19-49(48)43-30-35-46(36-31-43)61(47-37-32-45(33-38-47)53-21-11-25-59-60(53)56-18-6-8-24-58(56)62-59)57-23-7-5-17-52(57)44-28-26-42(27-29-44)51-20-10-22-54-50-16-4-2-13-41(50)34-39-55(51)54/h1-39H. The van der Waals surface area contributed by atoms with E-state index in [2.05, 4.69) is 229 Å². The highest BCUT2D eigenvalue weighted by molar-refractivity contribution is 6.13. The molecule has 1 aromatic heterocycles. The minimum atomic E-state index is 0.898. The monoisotopic (exact) mass is 789 g/mol. The zero-order chi connectivity index (χ0) is 41.0. The molecule has 0 atom stereocenters. The Morgan fingerprint density at radius 1 is 0.258 bits per heavy atom. The number of furan rings is 1. The van der Waals surface area contributed by atoms with Gasteiger partial charge in [0, 0.05) is 27.7 Å². The molecule has 0 amide bonds. The maximum absolute atomic E-state index is 6.27. The van der Waals surface area contributed by atoms with E-state index in [9.17, 15) is 0 Å². The van der Waals surface area contributed by atoms with Crippen LogP contribution in [0.5, 0.6) is 0 Å². The van der Waals surface area contributed by atoms with Gasteiger partial charge in [0.05, 0.1) is 5.69 Å². The fourth-order valence-electron chi connectivity index (χ4n) is 9.53. The molecule has 62 heavy (non-hydrogen) atoms. The molecular weight excluding hydrogens is 751 g/mol. The first kappa shape index (κ1) is 35.7. The van der Waals surface area contributed by atoms with Crippen molar-refractivity contribution in [3.05, 3.63) is 237 Å². The fourth-order valence-corrected chi connectivity index (χ4v) is 9.53. The smallest absolute Gasteiger partial charge is 0.136 e. The van der Waals surface area contributed by atoms with E-state index in [4.69, 9.17) is 4.42 Å². The summed E-state index contributed by atoms with van der Waals surface area (Å²) in [7, 11) is 0. The van der Waals surface area contributed by atoms with Crippen LogP contribution in [0.3, 0.4) is 0 Å². The lowest BCUT2D eigenvalue weighted by molar-refractivity contribution is 0.669. The average molecular weight is 790 g/mol. The molecule has 0 saturated heterocycles. The lowest BCUT2D eigenvalue weighted by atomic mass is 9.93. The Kier molecular flexibility index (Phi) is 8.53. The van der Waals surface area contributed by atoms with Crippen molar-refractivity contribution in [1.82, 2.24) is 0 Å². The molecule has 0 aliphatic carbocycles. The highest BCUT2D eigenvalue weighted by Gasteiger charge is 2.19. The van der Waals surface area contributed by atoms with E-state index in [1.165, 1.54) is 54.6 Å². The predicted octanol–water partition coefficient (Wildman–Crippen LogP) is 17.2. The summed E-state index contributed by atoms with van der Waals surface area (Å²) in [5.41, 5.74) is 14.5. The van der Waals surface area contributed by atoms with Crippen molar-refractivity contribution in [2.45, 2.75) is 0 Å². The topological polar surface area (TPSA) is 16.4 Å². The van der Waals surface area contributed by atoms with Gasteiger partial charge < -0.3 is 9.32 Å². The van der Waals surface area contributed by atoms with Gasteiger partial charge in [0.15, 0.2) is 0 Å². The number of hydrogen-bond acceptors (Lipinski definition) is 2. The normalized spacial score (nSPS) is 11.5. The molecule has 2 heteroatoms. The summed E-state index contributed by atoms with van der Waals surface area (Å²) in [5, 5.41) is 9.84. The van der Waals surface area contributed by atoms with Crippen LogP contribution in [0.2, 0.25) is 0 Å². The van der Waals surface area contributed by atoms with Crippen molar-refractivity contribution in [2.75, 3.05) is 4.90 Å². The Morgan fingerprint density at radius 2 is 0.710 bits per heavy atom. The van der Waals surface area contributed by atoms with E-state index in [1.54, 1.807) is 0 Å². The number of anilines is 3. The van der Waals surface area contributed by atoms with E-state index in [0.29, 0.717) is 0 Å². The van der Waals surface area contributed by atoms with Gasteiger partial charge in [0.2, 0.25) is 0 Å². The van der Waals surface area contributed by atoms with E-state index in [1.807, 2.05) is 12.1 Å². The van der Waals surface area contributed by atoms with Crippen LogP contribution in [-0.2, 0) is 0 Å². The summed E-state index contributed by atoms with van der Waals surface area (Å²) >= 11 is 0. The van der Waals surface area contributed by atoms with Gasteiger partial charge in [-0.15, -0.1) is 0 Å². The minimum absolute atomic E-state index is 0.898. The molecule has 1 heterocycles. The molecule has 12 rings (SSSR count). The van der Waals surface area contributed by atoms with Crippen molar-refractivity contribution in [3.63, 3.8) is 0 Å². The Balaban J connectivity index is 0.968. The Hall–Kier alpha value is -8.20. The third-order valence-electron chi connectivity index (χ3n) is 12.5. The van der Waals surface area contributed by atoms with Crippen LogP contribution < -0.4 is 4.90 Å². The van der Waals surface area contributed by atoms with Crippen molar-refractivity contribution < 1.29 is 4.42 Å².